The Morgan fingerprint density at radius 1 is 1.50 bits per heavy atom. The van der Waals surface area contributed by atoms with Gasteiger partial charge in [-0.15, -0.1) is 11.3 Å². The van der Waals surface area contributed by atoms with E-state index in [0.717, 1.165) is 39.1 Å². The minimum atomic E-state index is 0.00270. The Kier molecular flexibility index (Phi) is 5.13. The Hall–Kier alpha value is -0.950. The van der Waals surface area contributed by atoms with Gasteiger partial charge in [-0.05, 0) is 24.3 Å². The van der Waals surface area contributed by atoms with Gasteiger partial charge in [-0.1, -0.05) is 6.07 Å². The predicted octanol–water partition coefficient (Wildman–Crippen LogP) is 1.09. The summed E-state index contributed by atoms with van der Waals surface area (Å²) in [5.74, 6) is 0.152. The number of carbonyl (C=O) groups is 1. The fourth-order valence-corrected chi connectivity index (χ4v) is 4.38. The monoisotopic (exact) mass is 324 g/mol. The quantitative estimate of drug-likeness (QED) is 0.851. The third-order valence-corrected chi connectivity index (χ3v) is 5.83. The third kappa shape index (κ3) is 3.35. The topological polar surface area (TPSA) is 61.8 Å². The van der Waals surface area contributed by atoms with E-state index in [9.17, 15) is 9.90 Å². The van der Waals surface area contributed by atoms with Gasteiger partial charge in [0.1, 0.15) is 0 Å². The summed E-state index contributed by atoms with van der Waals surface area (Å²) < 4.78 is 5.50. The lowest BCUT2D eigenvalue weighted by Gasteiger charge is -2.37. The van der Waals surface area contributed by atoms with Gasteiger partial charge < -0.3 is 15.2 Å². The van der Waals surface area contributed by atoms with E-state index in [2.05, 4.69) is 10.2 Å². The molecule has 0 saturated carbocycles. The fourth-order valence-electron chi connectivity index (χ4n) is 3.74. The number of hydrogen-bond donors (Lipinski definition) is 2. The molecule has 2 N–H and O–H groups in total. The molecular formula is C16H24N2O3S. The summed E-state index contributed by atoms with van der Waals surface area (Å²) in [7, 11) is 0. The molecule has 1 spiro atoms. The normalized spacial score (nSPS) is 24.7. The molecule has 1 aromatic heterocycles. The first kappa shape index (κ1) is 15.9. The van der Waals surface area contributed by atoms with Gasteiger partial charge in [0, 0.05) is 43.1 Å². The number of nitrogens with zero attached hydrogens (tertiary/aromatic N) is 1. The second-order valence-corrected chi connectivity index (χ2v) is 7.32. The summed E-state index contributed by atoms with van der Waals surface area (Å²) in [6, 6.07) is 4.05. The first-order chi connectivity index (χ1) is 10.7. The second kappa shape index (κ2) is 7.08. The Morgan fingerprint density at radius 2 is 2.32 bits per heavy atom. The molecule has 22 heavy (non-hydrogen) atoms. The van der Waals surface area contributed by atoms with Crippen LogP contribution in [0.3, 0.4) is 0 Å². The van der Waals surface area contributed by atoms with E-state index in [1.165, 1.54) is 4.88 Å². The number of rotatable bonds is 5. The lowest BCUT2D eigenvalue weighted by atomic mass is 9.72. The maximum absolute atomic E-state index is 12.7. The van der Waals surface area contributed by atoms with Crippen molar-refractivity contribution in [3.05, 3.63) is 22.4 Å². The van der Waals surface area contributed by atoms with Crippen LogP contribution in [0.1, 0.15) is 17.7 Å². The van der Waals surface area contributed by atoms with Gasteiger partial charge in [-0.2, -0.15) is 0 Å². The Bertz CT molecular complexity index is 486. The van der Waals surface area contributed by atoms with E-state index in [1.807, 2.05) is 17.5 Å². The van der Waals surface area contributed by atoms with E-state index in [1.54, 1.807) is 11.3 Å². The number of ether oxygens (including phenoxy) is 1. The van der Waals surface area contributed by atoms with E-state index in [0.29, 0.717) is 13.1 Å². The number of aliphatic hydroxyl groups excluding tert-OH is 1. The SMILES string of the molecule is O=C(NCc1cccs1)[C@H]1CN(CCO)CC12CCOCC2. The molecule has 0 bridgehead atoms. The molecule has 0 radical (unpaired) electrons. The highest BCUT2D eigenvalue weighted by atomic mass is 32.1. The Morgan fingerprint density at radius 3 is 3.00 bits per heavy atom. The van der Waals surface area contributed by atoms with Crippen molar-refractivity contribution >= 4 is 17.2 Å². The van der Waals surface area contributed by atoms with E-state index < -0.39 is 0 Å². The van der Waals surface area contributed by atoms with Gasteiger partial charge in [-0.25, -0.2) is 0 Å². The number of amides is 1. The highest BCUT2D eigenvalue weighted by molar-refractivity contribution is 7.09. The maximum atomic E-state index is 12.7. The Labute approximate surface area is 135 Å². The van der Waals surface area contributed by atoms with Crippen molar-refractivity contribution in [3.8, 4) is 0 Å². The molecule has 1 aromatic rings. The van der Waals surface area contributed by atoms with Crippen molar-refractivity contribution in [2.45, 2.75) is 19.4 Å². The van der Waals surface area contributed by atoms with Crippen LogP contribution < -0.4 is 5.32 Å². The van der Waals surface area contributed by atoms with Gasteiger partial charge in [-0.3, -0.25) is 9.69 Å². The van der Waals surface area contributed by atoms with Gasteiger partial charge in [0.05, 0.1) is 19.1 Å². The van der Waals surface area contributed by atoms with E-state index in [-0.39, 0.29) is 23.8 Å². The summed E-state index contributed by atoms with van der Waals surface area (Å²) in [4.78, 5) is 16.1. The van der Waals surface area contributed by atoms with Crippen molar-refractivity contribution < 1.29 is 14.6 Å². The lowest BCUT2D eigenvalue weighted by Crippen LogP contribution is -2.44. The van der Waals surface area contributed by atoms with Gasteiger partial charge >= 0.3 is 0 Å². The number of nitrogens with one attached hydrogen (secondary N) is 1. The zero-order chi connectivity index (χ0) is 15.4. The van der Waals surface area contributed by atoms with Crippen molar-refractivity contribution in [2.24, 2.45) is 11.3 Å². The van der Waals surface area contributed by atoms with Gasteiger partial charge in [0.2, 0.25) is 5.91 Å². The zero-order valence-corrected chi connectivity index (χ0v) is 13.6. The Balaban J connectivity index is 1.66. The first-order valence-electron chi connectivity index (χ1n) is 7.94. The molecule has 2 saturated heterocycles. The molecule has 2 fully saturated rings. The summed E-state index contributed by atoms with van der Waals surface area (Å²) >= 11 is 1.67. The highest BCUT2D eigenvalue weighted by Gasteiger charge is 2.50. The van der Waals surface area contributed by atoms with Crippen molar-refractivity contribution in [1.29, 1.82) is 0 Å². The summed E-state index contributed by atoms with van der Waals surface area (Å²) in [5.41, 5.74) is 0.0208. The van der Waals surface area contributed by atoms with Crippen LogP contribution in [-0.4, -0.2) is 55.4 Å². The van der Waals surface area contributed by atoms with Crippen LogP contribution in [0.2, 0.25) is 0 Å². The van der Waals surface area contributed by atoms with Crippen LogP contribution in [0.4, 0.5) is 0 Å². The minimum Gasteiger partial charge on any atom is -0.395 e. The highest BCUT2D eigenvalue weighted by Crippen LogP contribution is 2.44. The molecular weight excluding hydrogens is 300 g/mol. The number of hydrogen-bond acceptors (Lipinski definition) is 5. The van der Waals surface area contributed by atoms with Crippen molar-refractivity contribution in [2.75, 3.05) is 39.5 Å². The molecule has 2 aliphatic heterocycles. The molecule has 0 aromatic carbocycles. The molecule has 122 valence electrons. The molecule has 1 amide bonds. The van der Waals surface area contributed by atoms with Crippen LogP contribution >= 0.6 is 11.3 Å². The lowest BCUT2D eigenvalue weighted by molar-refractivity contribution is -0.130. The standard InChI is InChI=1S/C16H24N2O3S/c19-6-5-18-11-14(16(12-18)3-7-21-8-4-16)15(20)17-10-13-2-1-9-22-13/h1-2,9,14,19H,3-8,10-12H2,(H,17,20)/t14-/m1/s1. The summed E-state index contributed by atoms with van der Waals surface area (Å²) in [5, 5.41) is 14.3. The van der Waals surface area contributed by atoms with E-state index in [4.69, 9.17) is 4.74 Å². The van der Waals surface area contributed by atoms with Crippen LogP contribution in [0.5, 0.6) is 0 Å². The van der Waals surface area contributed by atoms with Crippen LogP contribution in [0.15, 0.2) is 17.5 Å². The number of carbonyl (C=O) groups excluding carboxylic acids is 1. The van der Waals surface area contributed by atoms with Crippen LogP contribution in [-0.2, 0) is 16.1 Å². The van der Waals surface area contributed by atoms with Crippen molar-refractivity contribution in [1.82, 2.24) is 10.2 Å². The first-order valence-corrected chi connectivity index (χ1v) is 8.82. The average Bonchev–Trinajstić information content (AvgIpc) is 3.15. The zero-order valence-electron chi connectivity index (χ0n) is 12.8. The van der Waals surface area contributed by atoms with Gasteiger partial charge in [0.15, 0.2) is 0 Å². The number of thiophene rings is 1. The molecule has 6 heteroatoms. The van der Waals surface area contributed by atoms with E-state index >= 15 is 0 Å². The molecule has 0 aliphatic carbocycles. The molecule has 0 unspecified atom stereocenters. The average molecular weight is 324 g/mol. The van der Waals surface area contributed by atoms with Crippen LogP contribution in [0.25, 0.3) is 0 Å². The summed E-state index contributed by atoms with van der Waals surface area (Å²) in [6.45, 7) is 4.53. The van der Waals surface area contributed by atoms with Crippen LogP contribution in [0, 0.1) is 11.3 Å². The molecule has 3 heterocycles. The maximum Gasteiger partial charge on any atom is 0.225 e. The number of likely N-dealkylation sites (tertiary alicyclic amines) is 1. The molecule has 1 atom stereocenters. The fraction of sp³-hybridized carbons (Fsp3) is 0.688. The number of β-amino-alcohol motifs (C(OH)–C–C–N with tert-alkyl or cyclic N) is 1. The predicted molar refractivity (Wildman–Crippen MR) is 85.7 cm³/mol. The third-order valence-electron chi connectivity index (χ3n) is 4.96. The largest absolute Gasteiger partial charge is 0.395 e. The minimum absolute atomic E-state index is 0.00270. The molecule has 2 aliphatic rings. The second-order valence-electron chi connectivity index (χ2n) is 6.28. The molecule has 3 rings (SSSR count). The van der Waals surface area contributed by atoms with Gasteiger partial charge in [0.25, 0.3) is 0 Å². The number of aliphatic hydroxyl groups is 1. The summed E-state index contributed by atoms with van der Waals surface area (Å²) in [6.07, 6.45) is 1.87. The smallest absolute Gasteiger partial charge is 0.225 e. The molecule has 5 nitrogen and oxygen atoms in total. The van der Waals surface area contributed by atoms with Crippen molar-refractivity contribution in [3.63, 3.8) is 0 Å².